The first-order valence-corrected chi connectivity index (χ1v) is 7.63. The standard InChI is InChI=1S/C17H16N2O2S/c1-12(22-16-10-6-5-9-15(16)21-2)17(20)19-14-8-4-3-7-13(14)11-18/h3-10,12H,1-2H3,(H,19,20). The number of nitrogens with one attached hydrogen (secondary N) is 1. The van der Waals surface area contributed by atoms with Gasteiger partial charge in [-0.05, 0) is 31.2 Å². The summed E-state index contributed by atoms with van der Waals surface area (Å²) in [6.07, 6.45) is 0. The molecule has 0 aliphatic carbocycles. The predicted molar refractivity (Wildman–Crippen MR) is 88.1 cm³/mol. The van der Waals surface area contributed by atoms with Crippen molar-refractivity contribution in [1.82, 2.24) is 0 Å². The largest absolute Gasteiger partial charge is 0.496 e. The number of nitriles is 1. The van der Waals surface area contributed by atoms with Gasteiger partial charge in [-0.25, -0.2) is 0 Å². The van der Waals surface area contributed by atoms with Crippen LogP contribution in [-0.4, -0.2) is 18.3 Å². The normalized spacial score (nSPS) is 11.3. The maximum Gasteiger partial charge on any atom is 0.237 e. The van der Waals surface area contributed by atoms with E-state index in [9.17, 15) is 4.79 Å². The maximum atomic E-state index is 12.3. The number of thioether (sulfide) groups is 1. The van der Waals surface area contributed by atoms with Crippen LogP contribution in [0.3, 0.4) is 0 Å². The summed E-state index contributed by atoms with van der Waals surface area (Å²) in [5, 5.41) is 11.5. The van der Waals surface area contributed by atoms with Crippen molar-refractivity contribution in [3.8, 4) is 11.8 Å². The Kier molecular flexibility index (Phi) is 5.45. The van der Waals surface area contributed by atoms with Gasteiger partial charge < -0.3 is 10.1 Å². The average Bonchev–Trinajstić information content (AvgIpc) is 2.55. The highest BCUT2D eigenvalue weighted by atomic mass is 32.2. The van der Waals surface area contributed by atoms with E-state index in [1.165, 1.54) is 11.8 Å². The van der Waals surface area contributed by atoms with Crippen molar-refractivity contribution in [1.29, 1.82) is 5.26 Å². The minimum atomic E-state index is -0.317. The summed E-state index contributed by atoms with van der Waals surface area (Å²) >= 11 is 1.42. The SMILES string of the molecule is COc1ccccc1SC(C)C(=O)Nc1ccccc1C#N. The van der Waals surface area contributed by atoms with Crippen LogP contribution in [0, 0.1) is 11.3 Å². The Bertz CT molecular complexity index is 710. The molecule has 0 aliphatic rings. The Morgan fingerprint density at radius 3 is 2.64 bits per heavy atom. The molecule has 0 heterocycles. The number of carbonyl (C=O) groups is 1. The third kappa shape index (κ3) is 3.80. The molecular formula is C17H16N2O2S. The van der Waals surface area contributed by atoms with Gasteiger partial charge in [-0.2, -0.15) is 5.26 Å². The zero-order valence-electron chi connectivity index (χ0n) is 12.4. The third-order valence-electron chi connectivity index (χ3n) is 3.05. The highest BCUT2D eigenvalue weighted by Gasteiger charge is 2.17. The van der Waals surface area contributed by atoms with Crippen molar-refractivity contribution in [2.24, 2.45) is 0 Å². The summed E-state index contributed by atoms with van der Waals surface area (Å²) in [6.45, 7) is 1.82. The van der Waals surface area contributed by atoms with Gasteiger partial charge in [0, 0.05) is 0 Å². The molecule has 1 N–H and O–H groups in total. The second-order valence-corrected chi connectivity index (χ2v) is 5.94. The van der Waals surface area contributed by atoms with Crippen molar-refractivity contribution < 1.29 is 9.53 Å². The first-order chi connectivity index (χ1) is 10.7. The molecule has 22 heavy (non-hydrogen) atoms. The van der Waals surface area contributed by atoms with Crippen molar-refractivity contribution >= 4 is 23.4 Å². The third-order valence-corrected chi connectivity index (χ3v) is 4.21. The van der Waals surface area contributed by atoms with E-state index >= 15 is 0 Å². The van der Waals surface area contributed by atoms with Gasteiger partial charge in [-0.1, -0.05) is 24.3 Å². The lowest BCUT2D eigenvalue weighted by Crippen LogP contribution is -2.22. The number of ether oxygens (including phenoxy) is 1. The molecular weight excluding hydrogens is 296 g/mol. The molecule has 112 valence electrons. The number of carbonyl (C=O) groups excluding carboxylic acids is 1. The van der Waals surface area contributed by atoms with Crippen LogP contribution in [-0.2, 0) is 4.79 Å². The van der Waals surface area contributed by atoms with Gasteiger partial charge in [0.2, 0.25) is 5.91 Å². The smallest absolute Gasteiger partial charge is 0.237 e. The average molecular weight is 312 g/mol. The summed E-state index contributed by atoms with van der Waals surface area (Å²) in [4.78, 5) is 13.2. The first kappa shape index (κ1) is 15.9. The van der Waals surface area contributed by atoms with Gasteiger partial charge >= 0.3 is 0 Å². The molecule has 1 amide bonds. The van der Waals surface area contributed by atoms with Crippen LogP contribution in [0.2, 0.25) is 0 Å². The van der Waals surface area contributed by atoms with Crippen LogP contribution in [0.25, 0.3) is 0 Å². The summed E-state index contributed by atoms with van der Waals surface area (Å²) < 4.78 is 5.29. The first-order valence-electron chi connectivity index (χ1n) is 6.75. The maximum absolute atomic E-state index is 12.3. The zero-order chi connectivity index (χ0) is 15.9. The van der Waals surface area contributed by atoms with Crippen molar-refractivity contribution in [2.75, 3.05) is 12.4 Å². The zero-order valence-corrected chi connectivity index (χ0v) is 13.2. The Morgan fingerprint density at radius 2 is 1.91 bits per heavy atom. The Hall–Kier alpha value is -2.45. The van der Waals surface area contributed by atoms with E-state index in [1.54, 1.807) is 31.4 Å². The fourth-order valence-electron chi connectivity index (χ4n) is 1.88. The summed E-state index contributed by atoms with van der Waals surface area (Å²) in [6, 6.07) is 16.6. The van der Waals surface area contributed by atoms with Crippen LogP contribution >= 0.6 is 11.8 Å². The number of rotatable bonds is 5. The van der Waals surface area contributed by atoms with Crippen LogP contribution in [0.5, 0.6) is 5.75 Å². The summed E-state index contributed by atoms with van der Waals surface area (Å²) in [5.74, 6) is 0.586. The van der Waals surface area contributed by atoms with Crippen molar-refractivity contribution in [3.05, 3.63) is 54.1 Å². The predicted octanol–water partition coefficient (Wildman–Crippen LogP) is 3.69. The Balaban J connectivity index is 2.08. The minimum Gasteiger partial charge on any atom is -0.496 e. The number of hydrogen-bond donors (Lipinski definition) is 1. The fourth-order valence-corrected chi connectivity index (χ4v) is 2.86. The van der Waals surface area contributed by atoms with Gasteiger partial charge in [0.1, 0.15) is 11.8 Å². The summed E-state index contributed by atoms with van der Waals surface area (Å²) in [7, 11) is 1.60. The van der Waals surface area contributed by atoms with E-state index in [0.717, 1.165) is 10.6 Å². The van der Waals surface area contributed by atoms with E-state index in [2.05, 4.69) is 11.4 Å². The summed E-state index contributed by atoms with van der Waals surface area (Å²) in [5.41, 5.74) is 0.979. The molecule has 2 aromatic carbocycles. The number of amides is 1. The minimum absolute atomic E-state index is 0.154. The molecule has 0 saturated heterocycles. The molecule has 2 aromatic rings. The lowest BCUT2D eigenvalue weighted by atomic mass is 10.2. The lowest BCUT2D eigenvalue weighted by molar-refractivity contribution is -0.115. The molecule has 0 aliphatic heterocycles. The topological polar surface area (TPSA) is 62.1 Å². The molecule has 0 saturated carbocycles. The van der Waals surface area contributed by atoms with E-state index < -0.39 is 0 Å². The van der Waals surface area contributed by atoms with Gasteiger partial charge in [-0.15, -0.1) is 11.8 Å². The molecule has 4 nitrogen and oxygen atoms in total. The molecule has 0 aromatic heterocycles. The van der Waals surface area contributed by atoms with E-state index in [-0.39, 0.29) is 11.2 Å². The fraction of sp³-hybridized carbons (Fsp3) is 0.176. The molecule has 0 radical (unpaired) electrons. The van der Waals surface area contributed by atoms with E-state index in [4.69, 9.17) is 10.00 Å². The Morgan fingerprint density at radius 1 is 1.23 bits per heavy atom. The molecule has 5 heteroatoms. The molecule has 1 atom stereocenters. The number of anilines is 1. The van der Waals surface area contributed by atoms with Crippen LogP contribution < -0.4 is 10.1 Å². The molecule has 0 bridgehead atoms. The number of benzene rings is 2. The Labute approximate surface area is 134 Å². The van der Waals surface area contributed by atoms with Gasteiger partial charge in [0.05, 0.1) is 28.5 Å². The highest BCUT2D eigenvalue weighted by Crippen LogP contribution is 2.32. The second-order valence-electron chi connectivity index (χ2n) is 4.56. The van der Waals surface area contributed by atoms with Gasteiger partial charge in [0.25, 0.3) is 0 Å². The number of methoxy groups -OCH3 is 1. The van der Waals surface area contributed by atoms with Crippen LogP contribution in [0.15, 0.2) is 53.4 Å². The van der Waals surface area contributed by atoms with E-state index in [0.29, 0.717) is 11.3 Å². The number of nitrogens with zero attached hydrogens (tertiary/aromatic N) is 1. The van der Waals surface area contributed by atoms with Gasteiger partial charge in [0.15, 0.2) is 0 Å². The molecule has 0 spiro atoms. The lowest BCUT2D eigenvalue weighted by Gasteiger charge is -2.14. The number of hydrogen-bond acceptors (Lipinski definition) is 4. The van der Waals surface area contributed by atoms with Crippen molar-refractivity contribution in [3.63, 3.8) is 0 Å². The number of para-hydroxylation sites is 2. The molecule has 2 rings (SSSR count). The van der Waals surface area contributed by atoms with Crippen molar-refractivity contribution in [2.45, 2.75) is 17.1 Å². The quantitative estimate of drug-likeness (QED) is 0.855. The van der Waals surface area contributed by atoms with Crippen LogP contribution in [0.4, 0.5) is 5.69 Å². The molecule has 0 fully saturated rings. The second kappa shape index (κ2) is 7.53. The highest BCUT2D eigenvalue weighted by molar-refractivity contribution is 8.00. The van der Waals surface area contributed by atoms with Gasteiger partial charge in [-0.3, -0.25) is 4.79 Å². The monoisotopic (exact) mass is 312 g/mol. The molecule has 1 unspecified atom stereocenters. The van der Waals surface area contributed by atoms with E-state index in [1.807, 2.05) is 31.2 Å². The van der Waals surface area contributed by atoms with Crippen LogP contribution in [0.1, 0.15) is 12.5 Å².